The number of methoxy groups -OCH3 is 1. The summed E-state index contributed by atoms with van der Waals surface area (Å²) in [6, 6.07) is 3.90. The molecule has 0 saturated carbocycles. The molecule has 2 N–H and O–H groups in total. The lowest BCUT2D eigenvalue weighted by molar-refractivity contribution is 0.0236. The lowest BCUT2D eigenvalue weighted by atomic mass is 9.87. The van der Waals surface area contributed by atoms with Gasteiger partial charge < -0.3 is 39.3 Å². The molecule has 127 heavy (non-hydrogen) atoms. The fourth-order valence-corrected chi connectivity index (χ4v) is 11.9. The van der Waals surface area contributed by atoms with Crippen LogP contribution >= 0.6 is 21.8 Å². The largest absolute Gasteiger partial charge is 0.396 e. The number of nitrogens with zero attached hydrogens (tertiary/aromatic N) is 10. The maximum Gasteiger partial charge on any atom is 0.0978 e. The molecule has 7 heterocycles. The highest BCUT2D eigenvalue weighted by Crippen LogP contribution is 2.27. The van der Waals surface area contributed by atoms with Crippen molar-refractivity contribution in [1.29, 1.82) is 0 Å². The van der Waals surface area contributed by atoms with Gasteiger partial charge in [0.1, 0.15) is 0 Å². The summed E-state index contributed by atoms with van der Waals surface area (Å²) < 4.78 is 10.2. The number of piperazine rings is 1. The van der Waals surface area contributed by atoms with E-state index < -0.39 is 5.60 Å². The van der Waals surface area contributed by atoms with Crippen molar-refractivity contribution in [3.8, 4) is 0 Å². The SMILES string of the molecule is C=S1CCN(CC(C)(C)C)CC1.CC.CC.CC.CC.CC.CC.CC.CC.CC.CC.CC.CC.CC.CC.CC(C)(C)CCCC(C)(C)O.CC(C)(C)CN1CCCCC1.CC(C)(C)CN1CCOCC1.CC(C)(C)CO.CC(C)(C)c1cccnn1.CC(C)(C)c1cnccn1.CC(C)(C)c1nccs1.CN1CCN(CC(C)(C)C)CC1.COCC(C)(C)C. The molecular weight excluding hydrogens is 1600 g/mol. The normalized spacial score (nSPS) is 13.9. The van der Waals surface area contributed by atoms with Crippen molar-refractivity contribution in [2.75, 3.05) is 144 Å². The maximum absolute atomic E-state index is 9.41. The van der Waals surface area contributed by atoms with Gasteiger partial charge in [-0.15, -0.1) is 11.3 Å². The molecule has 0 aromatic carbocycles. The number of likely N-dealkylation sites (N-methyl/N-ethyl adjacent to an activating group) is 1. The molecule has 4 aliphatic heterocycles. The number of ether oxygens (including phenoxy) is 2. The highest BCUT2D eigenvalue weighted by molar-refractivity contribution is 8.14. The summed E-state index contributed by atoms with van der Waals surface area (Å²) in [5.74, 6) is 6.76. The van der Waals surface area contributed by atoms with Crippen LogP contribution in [0, 0.1) is 37.9 Å². The van der Waals surface area contributed by atoms with E-state index in [4.69, 9.17) is 14.6 Å². The van der Waals surface area contributed by atoms with Crippen LogP contribution in [0.2, 0.25) is 0 Å². The molecule has 0 unspecified atom stereocenters. The second-order valence-electron chi connectivity index (χ2n) is 40.1. The quantitative estimate of drug-likeness (QED) is 0.207. The number of hydrogen-bond acceptors (Lipinski definition) is 15. The zero-order chi connectivity index (χ0) is 105. The molecule has 7 rings (SSSR count). The average molecular weight is 1850 g/mol. The van der Waals surface area contributed by atoms with Crippen molar-refractivity contribution in [3.05, 3.63) is 64.9 Å². The second kappa shape index (κ2) is 106. The summed E-state index contributed by atoms with van der Waals surface area (Å²) in [6.07, 6.45) is 16.2. The van der Waals surface area contributed by atoms with Gasteiger partial charge in [-0.1, -0.05) is 420 Å². The van der Waals surface area contributed by atoms with E-state index in [-0.39, 0.29) is 28.3 Å². The van der Waals surface area contributed by atoms with Gasteiger partial charge in [-0.05, 0) is 110 Å². The minimum Gasteiger partial charge on any atom is -0.396 e. The van der Waals surface area contributed by atoms with Crippen LogP contribution in [0.3, 0.4) is 0 Å². The Morgan fingerprint density at radius 3 is 0.953 bits per heavy atom. The summed E-state index contributed by atoms with van der Waals surface area (Å²) in [7, 11) is 4.40. The van der Waals surface area contributed by atoms with Crippen molar-refractivity contribution in [2.24, 2.45) is 37.9 Å². The van der Waals surface area contributed by atoms with Gasteiger partial charge in [0.15, 0.2) is 0 Å². The topological polar surface area (TPSA) is 140 Å². The molecule has 16 heteroatoms. The number of hydrogen-bond donors (Lipinski definition) is 2. The van der Waals surface area contributed by atoms with Gasteiger partial charge in [-0.2, -0.15) is 20.7 Å². The van der Waals surface area contributed by atoms with Gasteiger partial charge >= 0.3 is 0 Å². The Morgan fingerprint density at radius 1 is 0.394 bits per heavy atom. The maximum atomic E-state index is 9.41. The van der Waals surface area contributed by atoms with Crippen LogP contribution in [0.15, 0.2) is 48.5 Å². The summed E-state index contributed by atoms with van der Waals surface area (Å²) in [5, 5.41) is 28.8. The molecule has 0 atom stereocenters. The fourth-order valence-electron chi connectivity index (χ4n) is 9.92. The van der Waals surface area contributed by atoms with Gasteiger partial charge in [0, 0.05) is 156 Å². The number of thiazole rings is 1. The summed E-state index contributed by atoms with van der Waals surface area (Å²) >= 11 is 1.72. The molecule has 0 aliphatic carbocycles. The second-order valence-corrected chi connectivity index (χ2v) is 43.0. The lowest BCUT2D eigenvalue weighted by Crippen LogP contribution is -2.47. The molecule has 0 spiro atoms. The molecule has 780 valence electrons. The Balaban J connectivity index is -0.0000000686. The Morgan fingerprint density at radius 2 is 0.732 bits per heavy atom. The highest BCUT2D eigenvalue weighted by Gasteiger charge is 2.24. The smallest absolute Gasteiger partial charge is 0.0978 e. The number of aliphatic hydroxyl groups is 2. The van der Waals surface area contributed by atoms with E-state index in [1.165, 1.54) is 121 Å². The van der Waals surface area contributed by atoms with Gasteiger partial charge in [-0.25, -0.2) is 4.98 Å². The van der Waals surface area contributed by atoms with E-state index in [1.54, 1.807) is 43.2 Å². The van der Waals surface area contributed by atoms with E-state index in [0.29, 0.717) is 43.0 Å². The van der Waals surface area contributed by atoms with Crippen LogP contribution in [0.1, 0.15) is 470 Å². The third kappa shape index (κ3) is 152. The first-order chi connectivity index (χ1) is 58.7. The summed E-state index contributed by atoms with van der Waals surface area (Å²) in [5.41, 5.74) is 4.72. The third-order valence-electron chi connectivity index (χ3n) is 14.8. The minimum absolute atomic E-state index is 0.0972. The molecule has 3 aromatic rings. The van der Waals surface area contributed by atoms with E-state index in [0.717, 1.165) is 57.1 Å². The van der Waals surface area contributed by atoms with Gasteiger partial charge in [-0.3, -0.25) is 14.9 Å². The van der Waals surface area contributed by atoms with Gasteiger partial charge in [0.2, 0.25) is 0 Å². The molecule has 4 fully saturated rings. The van der Waals surface area contributed by atoms with E-state index in [1.807, 2.05) is 252 Å². The number of likely N-dealkylation sites (tertiary alicyclic amines) is 1. The van der Waals surface area contributed by atoms with Crippen LogP contribution in [0.25, 0.3) is 0 Å². The van der Waals surface area contributed by atoms with Crippen molar-refractivity contribution in [1.82, 2.24) is 49.6 Å². The molecule has 0 radical (unpaired) electrons. The molecular formula is C111H250N10O4S2. The minimum atomic E-state index is -0.481. The Labute approximate surface area is 814 Å². The first-order valence-electron chi connectivity index (χ1n) is 51.6. The van der Waals surface area contributed by atoms with Crippen LogP contribution in [0.4, 0.5) is 0 Å². The number of rotatable bonds is 8. The zero-order valence-corrected chi connectivity index (χ0v) is 101. The fraction of sp³-hybridized carbons (Fsp3) is 0.892. The zero-order valence-electron chi connectivity index (χ0n) is 99.7. The first-order valence-corrected chi connectivity index (χ1v) is 54.3. The summed E-state index contributed by atoms with van der Waals surface area (Å²) in [4.78, 5) is 25.0. The molecule has 0 amide bonds. The van der Waals surface area contributed by atoms with Gasteiger partial charge in [0.05, 0.1) is 41.8 Å². The standard InChI is InChI=1S/C10H22N2.C10H21NS.C10H21N.C10H22O.C9H19NO.2C8H12N2.C7H11NS.C6H14O.C5H12O.14C2H6/c1-10(2,3)9-12-7-5-11(4)6-8-12;1-10(2,3)9-11-5-7-12(4)8-6-11;1-10(2,3)9-11-7-5-4-6-8-11;1-9(2,3)7-6-8-10(4,5)11;1-9(2,3)8-10-4-6-11-7-5-10;1-8(2,3)7-6-9-4-5-10-7;1-8(2,3)7-5-4-6-9-10-7;1-7(2,3)6-8-4-5-9-6;1-6(2,3)5-7-4;1-5(2,3)4-6;14*1-2/h5-9H2,1-4H3;4-9H2,1-3H3;4-9H2,1-3H3;11H,6-8H2,1-5H3;4-8H2,1-3H3;2*4-6H,1-3H3;4-5H,1-3H3;5H2,1-4H3;6H,4H2,1-3H3;14*1-2H3. The Bertz CT molecular complexity index is 2270. The molecule has 4 aliphatic rings. The van der Waals surface area contributed by atoms with Crippen molar-refractivity contribution < 1.29 is 19.7 Å². The molecule has 4 saturated heterocycles. The first kappa shape index (κ1) is 164. The Kier molecular flexibility index (Phi) is 137. The Hall–Kier alpha value is -2.35. The third-order valence-corrected chi connectivity index (χ3v) is 17.6. The molecule has 14 nitrogen and oxygen atoms in total. The average Bonchev–Trinajstić information content (AvgIpc) is 1.85. The molecule has 0 bridgehead atoms. The number of piperidine rings is 1. The van der Waals surface area contributed by atoms with Crippen LogP contribution in [-0.2, 0) is 25.7 Å². The number of aliphatic hydroxyl groups excluding tert-OH is 1. The van der Waals surface area contributed by atoms with E-state index >= 15 is 0 Å². The van der Waals surface area contributed by atoms with Crippen molar-refractivity contribution >= 4 is 27.7 Å². The lowest BCUT2D eigenvalue weighted by Gasteiger charge is -2.36. The number of morpholine rings is 1. The molecule has 3 aromatic heterocycles. The van der Waals surface area contributed by atoms with Crippen LogP contribution in [-0.4, -0.2) is 215 Å². The van der Waals surface area contributed by atoms with E-state index in [9.17, 15) is 5.11 Å². The predicted octanol–water partition coefficient (Wildman–Crippen LogP) is 33.2. The predicted molar refractivity (Wildman–Crippen MR) is 599 cm³/mol. The van der Waals surface area contributed by atoms with E-state index in [2.05, 4.69) is 250 Å². The monoisotopic (exact) mass is 1850 g/mol. The van der Waals surface area contributed by atoms with Crippen molar-refractivity contribution in [2.45, 2.75) is 476 Å². The van der Waals surface area contributed by atoms with Gasteiger partial charge in [0.25, 0.3) is 0 Å². The highest BCUT2D eigenvalue weighted by atomic mass is 32.2. The van der Waals surface area contributed by atoms with Crippen molar-refractivity contribution in [3.63, 3.8) is 0 Å². The number of aromatic nitrogens is 5. The van der Waals surface area contributed by atoms with Crippen LogP contribution in [0.5, 0.6) is 0 Å². The summed E-state index contributed by atoms with van der Waals surface area (Å²) in [6.45, 7) is 146. The van der Waals surface area contributed by atoms with Crippen LogP contribution < -0.4 is 0 Å².